The number of aliphatic hydroxyl groups excluding tert-OH is 1. The Labute approximate surface area is 271 Å². The first-order valence-electron chi connectivity index (χ1n) is 19.4. The van der Waals surface area contributed by atoms with Crippen LogP contribution in [0.1, 0.15) is 200 Å². The monoisotopic (exact) mass is 609 g/mol. The minimum Gasteiger partial charge on any atom is -0.399 e. The fourth-order valence-electron chi connectivity index (χ4n) is 6.19. The van der Waals surface area contributed by atoms with Gasteiger partial charge in [-0.15, -0.1) is 0 Å². The number of hydrazine groups is 1. The molecule has 0 heterocycles. The molecule has 0 aromatic rings. The maximum absolute atomic E-state index is 9.13. The smallest absolute Gasteiger partial charge is 0.0840 e. The van der Waals surface area contributed by atoms with Crippen molar-refractivity contribution in [3.05, 3.63) is 11.9 Å². The summed E-state index contributed by atoms with van der Waals surface area (Å²) >= 11 is 0. The van der Waals surface area contributed by atoms with Gasteiger partial charge in [0, 0.05) is 12.7 Å². The van der Waals surface area contributed by atoms with E-state index in [2.05, 4.69) is 18.7 Å². The topological polar surface area (TPSA) is 78.8 Å². The van der Waals surface area contributed by atoms with Crippen LogP contribution < -0.4 is 11.6 Å². The second-order valence-corrected chi connectivity index (χ2v) is 13.5. The molecule has 5 nitrogen and oxygen atoms in total. The molecule has 0 aromatic heterocycles. The molecule has 0 saturated heterocycles. The minimum atomic E-state index is -0.141. The van der Waals surface area contributed by atoms with E-state index in [-0.39, 0.29) is 6.61 Å². The Kier molecular flexibility index (Phi) is 35.0. The third kappa shape index (κ3) is 33.9. The van der Waals surface area contributed by atoms with E-state index in [4.69, 9.17) is 16.7 Å². The molecular weight excluding hydrogens is 528 g/mol. The molecule has 0 amide bonds. The van der Waals surface area contributed by atoms with Crippen LogP contribution >= 0.6 is 0 Å². The maximum atomic E-state index is 9.13. The number of hydrogen-bond acceptors (Lipinski definition) is 5. The Balaban J connectivity index is 3.95. The van der Waals surface area contributed by atoms with E-state index in [1.165, 1.54) is 193 Å². The molecule has 5 N–H and O–H groups in total. The Morgan fingerprint density at radius 1 is 0.442 bits per heavy atom. The fourth-order valence-corrected chi connectivity index (χ4v) is 6.19. The Bertz CT molecular complexity index is 524. The van der Waals surface area contributed by atoms with Gasteiger partial charge in [0.2, 0.25) is 0 Å². The second kappa shape index (κ2) is 35.7. The van der Waals surface area contributed by atoms with Crippen LogP contribution in [0.25, 0.3) is 0 Å². The largest absolute Gasteiger partial charge is 0.399 e. The molecule has 0 unspecified atom stereocenters. The molecule has 0 aromatic carbocycles. The summed E-state index contributed by atoms with van der Waals surface area (Å²) in [5.74, 6) is 6.05. The highest BCUT2D eigenvalue weighted by Gasteiger charge is 2.06. The predicted molar refractivity (Wildman–Crippen MR) is 192 cm³/mol. The quantitative estimate of drug-likeness (QED) is 0.0374. The van der Waals surface area contributed by atoms with Gasteiger partial charge in [0.05, 0.1) is 12.3 Å². The van der Waals surface area contributed by atoms with Gasteiger partial charge in [0.25, 0.3) is 0 Å². The van der Waals surface area contributed by atoms with E-state index in [1.807, 2.05) is 0 Å². The lowest BCUT2D eigenvalue weighted by Crippen LogP contribution is -2.33. The first-order chi connectivity index (χ1) is 21.1. The van der Waals surface area contributed by atoms with Crippen LogP contribution in [0.3, 0.4) is 0 Å². The van der Waals surface area contributed by atoms with Crippen molar-refractivity contribution < 1.29 is 5.11 Å². The van der Waals surface area contributed by atoms with E-state index in [9.17, 15) is 0 Å². The number of hydrogen-bond donors (Lipinski definition) is 3. The number of unbranched alkanes of at least 4 members (excludes halogenated alkanes) is 26. The van der Waals surface area contributed by atoms with Crippen molar-refractivity contribution in [3.63, 3.8) is 0 Å². The van der Waals surface area contributed by atoms with E-state index < -0.39 is 0 Å². The van der Waals surface area contributed by atoms with Gasteiger partial charge in [0.1, 0.15) is 0 Å². The summed E-state index contributed by atoms with van der Waals surface area (Å²) in [6.45, 7) is 8.76. The van der Waals surface area contributed by atoms with Gasteiger partial charge < -0.3 is 20.7 Å². The van der Waals surface area contributed by atoms with E-state index in [0.29, 0.717) is 5.70 Å². The van der Waals surface area contributed by atoms with Crippen molar-refractivity contribution in [2.24, 2.45) is 11.6 Å². The van der Waals surface area contributed by atoms with Crippen molar-refractivity contribution in [2.75, 3.05) is 32.8 Å². The molecule has 43 heavy (non-hydrogen) atoms. The van der Waals surface area contributed by atoms with Crippen LogP contribution in [-0.2, 0) is 0 Å². The van der Waals surface area contributed by atoms with Crippen molar-refractivity contribution in [3.8, 4) is 0 Å². The van der Waals surface area contributed by atoms with Gasteiger partial charge in [-0.2, -0.15) is 0 Å². The molecule has 0 rings (SSSR count). The van der Waals surface area contributed by atoms with Crippen molar-refractivity contribution in [2.45, 2.75) is 200 Å². The summed E-state index contributed by atoms with van der Waals surface area (Å²) < 4.78 is 0. The fraction of sp³-hybridized carbons (Fsp3) is 0.947. The van der Waals surface area contributed by atoms with Crippen LogP contribution in [0.15, 0.2) is 11.9 Å². The highest BCUT2D eigenvalue weighted by molar-refractivity contribution is 4.94. The van der Waals surface area contributed by atoms with Gasteiger partial charge >= 0.3 is 0 Å². The summed E-state index contributed by atoms with van der Waals surface area (Å²) in [6, 6.07) is 0. The second-order valence-electron chi connectivity index (χ2n) is 13.5. The molecule has 0 radical (unpaired) electrons. The first kappa shape index (κ1) is 42.2. The molecule has 0 aliphatic rings. The molecule has 0 atom stereocenters. The molecule has 0 spiro atoms. The van der Waals surface area contributed by atoms with Crippen molar-refractivity contribution >= 4 is 0 Å². The van der Waals surface area contributed by atoms with E-state index in [1.54, 1.807) is 11.2 Å². The highest BCUT2D eigenvalue weighted by atomic mass is 16.3. The van der Waals surface area contributed by atoms with Gasteiger partial charge in [-0.05, 0) is 38.9 Å². The zero-order valence-corrected chi connectivity index (χ0v) is 29.6. The van der Waals surface area contributed by atoms with Crippen LogP contribution in [0.2, 0.25) is 0 Å². The molecule has 0 saturated carbocycles. The number of nitrogens with two attached hydrogens (primary N) is 2. The average molecular weight is 609 g/mol. The average Bonchev–Trinajstić information content (AvgIpc) is 3.00. The summed E-state index contributed by atoms with van der Waals surface area (Å²) in [4.78, 5) is 2.67. The maximum Gasteiger partial charge on any atom is 0.0840 e. The van der Waals surface area contributed by atoms with Gasteiger partial charge in [0.15, 0.2) is 0 Å². The number of rotatable bonds is 36. The normalized spacial score (nSPS) is 12.1. The highest BCUT2D eigenvalue weighted by Crippen LogP contribution is 2.15. The zero-order valence-electron chi connectivity index (χ0n) is 29.6. The molecule has 0 aliphatic carbocycles. The lowest BCUT2D eigenvalue weighted by atomic mass is 10.0. The molecule has 0 aliphatic heterocycles. The SMILES string of the molecule is CCCCCCCCCCCCCCCCN(CCCCCCCCCCCCCCCC)CCCN(N)/C=C(\N)CO. The molecule has 0 bridgehead atoms. The summed E-state index contributed by atoms with van der Waals surface area (Å²) in [5, 5.41) is 10.8. The third-order valence-electron chi connectivity index (χ3n) is 9.06. The van der Waals surface area contributed by atoms with Gasteiger partial charge in [-0.3, -0.25) is 0 Å². The number of aliphatic hydroxyl groups is 1. The van der Waals surface area contributed by atoms with Crippen LogP contribution in [0.4, 0.5) is 0 Å². The Morgan fingerprint density at radius 3 is 1.02 bits per heavy atom. The minimum absolute atomic E-state index is 0.141. The Hall–Kier alpha value is -0.780. The van der Waals surface area contributed by atoms with Gasteiger partial charge in [-0.25, -0.2) is 5.84 Å². The van der Waals surface area contributed by atoms with Crippen molar-refractivity contribution in [1.29, 1.82) is 0 Å². The lowest BCUT2D eigenvalue weighted by molar-refractivity contribution is 0.242. The van der Waals surface area contributed by atoms with E-state index in [0.717, 1.165) is 19.5 Å². The zero-order chi connectivity index (χ0) is 31.5. The molecular formula is C38H80N4O. The molecule has 0 fully saturated rings. The standard InChI is InChI=1S/C38H80N4O/c1-3-5-7-9-11-13-15-17-19-21-23-25-27-29-32-41(34-31-35-42(40)36-38(39)37-43)33-30-28-26-24-22-20-18-16-14-12-10-8-6-4-2/h36,43H,3-35,37,39-40H2,1-2H3/b38-36-. The van der Waals surface area contributed by atoms with Crippen LogP contribution in [-0.4, -0.2) is 47.8 Å². The van der Waals surface area contributed by atoms with Crippen molar-refractivity contribution in [1.82, 2.24) is 9.91 Å². The summed E-state index contributed by atoms with van der Waals surface area (Å²) in [7, 11) is 0. The van der Waals surface area contributed by atoms with E-state index >= 15 is 0 Å². The summed E-state index contributed by atoms with van der Waals surface area (Å²) in [5.41, 5.74) is 6.14. The van der Waals surface area contributed by atoms with Gasteiger partial charge in [-0.1, -0.05) is 181 Å². The summed E-state index contributed by atoms with van der Waals surface area (Å²) in [6.07, 6.45) is 42.3. The third-order valence-corrected chi connectivity index (χ3v) is 9.06. The van der Waals surface area contributed by atoms with Crippen LogP contribution in [0, 0.1) is 0 Å². The molecule has 258 valence electrons. The van der Waals surface area contributed by atoms with Crippen LogP contribution in [0.5, 0.6) is 0 Å². The number of nitrogens with zero attached hydrogens (tertiary/aromatic N) is 2. The molecule has 5 heteroatoms. The predicted octanol–water partition coefficient (Wildman–Crippen LogP) is 10.6. The Morgan fingerprint density at radius 2 is 0.721 bits per heavy atom. The lowest BCUT2D eigenvalue weighted by Gasteiger charge is -2.24. The first-order valence-corrected chi connectivity index (χ1v) is 19.4.